The average molecular weight is 291 g/mol. The number of nitrogens with two attached hydrogens (primary N) is 1. The summed E-state index contributed by atoms with van der Waals surface area (Å²) in [6.45, 7) is 0.670. The first-order chi connectivity index (χ1) is 8.94. The number of hydrogen-bond acceptors (Lipinski definition) is 4. The lowest BCUT2D eigenvalue weighted by molar-refractivity contribution is -0.0461. The standard InChI is InChI=1S/C12H17ClF2N4/c13-9-7-10(19-11(16)18-9)17-6-3-8-1-4-12(14,15)5-2-8/h7-8H,1-6H2,(H3,16,17,18,19). The average Bonchev–Trinajstić information content (AvgIpc) is 2.30. The van der Waals surface area contributed by atoms with Gasteiger partial charge in [-0.15, -0.1) is 0 Å². The first-order valence-corrected chi connectivity index (χ1v) is 6.74. The number of nitrogen functional groups attached to an aromatic ring is 1. The molecule has 1 saturated carbocycles. The molecule has 1 heterocycles. The van der Waals surface area contributed by atoms with Crippen molar-refractivity contribution in [2.75, 3.05) is 17.6 Å². The molecule has 0 radical (unpaired) electrons. The zero-order valence-electron chi connectivity index (χ0n) is 10.5. The molecule has 7 heteroatoms. The Morgan fingerprint density at radius 1 is 1.37 bits per heavy atom. The second-order valence-electron chi connectivity index (χ2n) is 4.95. The number of nitrogens with one attached hydrogen (secondary N) is 1. The van der Waals surface area contributed by atoms with Crippen molar-refractivity contribution < 1.29 is 8.78 Å². The Morgan fingerprint density at radius 3 is 2.68 bits per heavy atom. The van der Waals surface area contributed by atoms with Crippen molar-refractivity contribution >= 4 is 23.4 Å². The van der Waals surface area contributed by atoms with E-state index < -0.39 is 5.92 Å². The molecule has 19 heavy (non-hydrogen) atoms. The fraction of sp³-hybridized carbons (Fsp3) is 0.667. The van der Waals surface area contributed by atoms with Crippen LogP contribution in [0.25, 0.3) is 0 Å². The molecule has 0 aliphatic heterocycles. The van der Waals surface area contributed by atoms with Crippen LogP contribution in [-0.4, -0.2) is 22.4 Å². The Balaban J connectivity index is 1.75. The van der Waals surface area contributed by atoms with E-state index >= 15 is 0 Å². The minimum atomic E-state index is -2.46. The van der Waals surface area contributed by atoms with Crippen LogP contribution in [0.5, 0.6) is 0 Å². The predicted molar refractivity (Wildman–Crippen MR) is 71.5 cm³/mol. The molecular formula is C12H17ClF2N4. The van der Waals surface area contributed by atoms with Crippen LogP contribution in [0.15, 0.2) is 6.07 Å². The maximum Gasteiger partial charge on any atom is 0.248 e. The van der Waals surface area contributed by atoms with Gasteiger partial charge in [-0.2, -0.15) is 4.98 Å². The number of nitrogens with zero attached hydrogens (tertiary/aromatic N) is 2. The largest absolute Gasteiger partial charge is 0.370 e. The van der Waals surface area contributed by atoms with Crippen molar-refractivity contribution in [3.05, 3.63) is 11.2 Å². The van der Waals surface area contributed by atoms with E-state index in [9.17, 15) is 8.78 Å². The summed E-state index contributed by atoms with van der Waals surface area (Å²) >= 11 is 5.75. The molecule has 1 aliphatic rings. The molecule has 1 aromatic rings. The molecule has 4 nitrogen and oxygen atoms in total. The van der Waals surface area contributed by atoms with Gasteiger partial charge in [-0.05, 0) is 25.2 Å². The van der Waals surface area contributed by atoms with Gasteiger partial charge in [0, 0.05) is 25.5 Å². The summed E-state index contributed by atoms with van der Waals surface area (Å²) in [7, 11) is 0. The lowest BCUT2D eigenvalue weighted by Crippen LogP contribution is -2.25. The third kappa shape index (κ3) is 4.45. The maximum absolute atomic E-state index is 13.0. The van der Waals surface area contributed by atoms with Crippen LogP contribution in [0.2, 0.25) is 5.15 Å². The fourth-order valence-corrected chi connectivity index (χ4v) is 2.51. The van der Waals surface area contributed by atoms with Crippen molar-refractivity contribution in [1.29, 1.82) is 0 Å². The van der Waals surface area contributed by atoms with Crippen LogP contribution < -0.4 is 11.1 Å². The summed E-state index contributed by atoms with van der Waals surface area (Å²) in [5.74, 6) is -1.42. The van der Waals surface area contributed by atoms with Gasteiger partial charge in [-0.25, -0.2) is 13.8 Å². The van der Waals surface area contributed by atoms with Crippen molar-refractivity contribution in [2.24, 2.45) is 5.92 Å². The molecule has 1 aliphatic carbocycles. The summed E-state index contributed by atoms with van der Waals surface area (Å²) in [6.07, 6.45) is 2.02. The molecule has 106 valence electrons. The summed E-state index contributed by atoms with van der Waals surface area (Å²) in [4.78, 5) is 7.75. The van der Waals surface area contributed by atoms with Gasteiger partial charge in [0.05, 0.1) is 0 Å². The van der Waals surface area contributed by atoms with Crippen molar-refractivity contribution in [1.82, 2.24) is 9.97 Å². The molecule has 3 N–H and O–H groups in total. The molecule has 0 atom stereocenters. The third-order valence-corrected chi connectivity index (χ3v) is 3.60. The molecule has 0 spiro atoms. The summed E-state index contributed by atoms with van der Waals surface area (Å²) in [5.41, 5.74) is 5.47. The molecule has 1 fully saturated rings. The zero-order chi connectivity index (χ0) is 13.9. The van der Waals surface area contributed by atoms with Gasteiger partial charge >= 0.3 is 0 Å². The van der Waals surface area contributed by atoms with E-state index in [0.717, 1.165) is 6.42 Å². The number of anilines is 2. The number of hydrogen-bond donors (Lipinski definition) is 2. The first kappa shape index (κ1) is 14.2. The van der Waals surface area contributed by atoms with Crippen LogP contribution in [0.4, 0.5) is 20.5 Å². The molecule has 0 aromatic carbocycles. The van der Waals surface area contributed by atoms with Gasteiger partial charge in [0.1, 0.15) is 11.0 Å². The van der Waals surface area contributed by atoms with Gasteiger partial charge in [0.25, 0.3) is 0 Å². The van der Waals surface area contributed by atoms with Crippen molar-refractivity contribution in [3.8, 4) is 0 Å². The monoisotopic (exact) mass is 290 g/mol. The molecule has 0 amide bonds. The van der Waals surface area contributed by atoms with E-state index in [4.69, 9.17) is 17.3 Å². The Kier molecular flexibility index (Phi) is 4.39. The fourth-order valence-electron chi connectivity index (χ4n) is 2.32. The smallest absolute Gasteiger partial charge is 0.248 e. The normalized spacial score (nSPS) is 19.3. The predicted octanol–water partition coefficient (Wildman–Crippen LogP) is 3.34. The summed E-state index contributed by atoms with van der Waals surface area (Å²) in [6, 6.07) is 1.59. The van der Waals surface area contributed by atoms with E-state index in [-0.39, 0.29) is 23.9 Å². The number of alkyl halides is 2. The molecule has 0 unspecified atom stereocenters. The molecular weight excluding hydrogens is 274 g/mol. The second kappa shape index (κ2) is 5.86. The quantitative estimate of drug-likeness (QED) is 0.835. The van der Waals surface area contributed by atoms with E-state index in [1.54, 1.807) is 6.07 Å². The van der Waals surface area contributed by atoms with Gasteiger partial charge in [-0.3, -0.25) is 0 Å². The number of rotatable bonds is 4. The number of aromatic nitrogens is 2. The molecule has 0 bridgehead atoms. The van der Waals surface area contributed by atoms with Crippen molar-refractivity contribution in [3.63, 3.8) is 0 Å². The highest BCUT2D eigenvalue weighted by Gasteiger charge is 2.34. The zero-order valence-corrected chi connectivity index (χ0v) is 11.3. The molecule has 0 saturated heterocycles. The van der Waals surface area contributed by atoms with E-state index in [1.807, 2.05) is 0 Å². The molecule has 1 aromatic heterocycles. The maximum atomic E-state index is 13.0. The Bertz CT molecular complexity index is 411. The highest BCUT2D eigenvalue weighted by atomic mass is 35.5. The third-order valence-electron chi connectivity index (χ3n) is 3.41. The first-order valence-electron chi connectivity index (χ1n) is 6.36. The van der Waals surface area contributed by atoms with Gasteiger partial charge < -0.3 is 11.1 Å². The topological polar surface area (TPSA) is 63.8 Å². The van der Waals surface area contributed by atoms with Gasteiger partial charge in [0.2, 0.25) is 11.9 Å². The van der Waals surface area contributed by atoms with Crippen LogP contribution in [0.1, 0.15) is 32.1 Å². The minimum absolute atomic E-state index is 0.00392. The highest BCUT2D eigenvalue weighted by molar-refractivity contribution is 6.29. The van der Waals surface area contributed by atoms with Gasteiger partial charge in [0.15, 0.2) is 0 Å². The lowest BCUT2D eigenvalue weighted by Gasteiger charge is -2.28. The SMILES string of the molecule is Nc1nc(Cl)cc(NCCC2CCC(F)(F)CC2)n1. The highest BCUT2D eigenvalue weighted by Crippen LogP contribution is 2.37. The van der Waals surface area contributed by atoms with Crippen LogP contribution in [-0.2, 0) is 0 Å². The van der Waals surface area contributed by atoms with Crippen LogP contribution in [0, 0.1) is 5.92 Å². The van der Waals surface area contributed by atoms with E-state index in [0.29, 0.717) is 31.1 Å². The van der Waals surface area contributed by atoms with E-state index in [1.165, 1.54) is 0 Å². The van der Waals surface area contributed by atoms with Crippen LogP contribution in [0.3, 0.4) is 0 Å². The lowest BCUT2D eigenvalue weighted by atomic mass is 9.85. The van der Waals surface area contributed by atoms with Gasteiger partial charge in [-0.1, -0.05) is 11.6 Å². The summed E-state index contributed by atoms with van der Waals surface area (Å²) in [5, 5.41) is 3.38. The second-order valence-corrected chi connectivity index (χ2v) is 5.34. The summed E-state index contributed by atoms with van der Waals surface area (Å²) < 4.78 is 26.0. The Hall–Kier alpha value is -1.17. The van der Waals surface area contributed by atoms with Crippen molar-refractivity contribution in [2.45, 2.75) is 38.0 Å². The molecule has 2 rings (SSSR count). The Morgan fingerprint density at radius 2 is 2.05 bits per heavy atom. The van der Waals surface area contributed by atoms with Crippen LogP contribution >= 0.6 is 11.6 Å². The Labute approximate surface area is 115 Å². The minimum Gasteiger partial charge on any atom is -0.370 e. The number of halogens is 3. The van der Waals surface area contributed by atoms with E-state index in [2.05, 4.69) is 15.3 Å².